The number of rotatable bonds is 5. The number of methoxy groups -OCH3 is 1. The highest BCUT2D eigenvalue weighted by molar-refractivity contribution is 7.12. The summed E-state index contributed by atoms with van der Waals surface area (Å²) < 4.78 is 10.2. The molecule has 0 bridgehead atoms. The van der Waals surface area contributed by atoms with Gasteiger partial charge in [0.05, 0.1) is 29.6 Å². The average molecular weight is 342 g/mol. The molecule has 2 aromatic heterocycles. The summed E-state index contributed by atoms with van der Waals surface area (Å²) in [5.41, 5.74) is 0.884. The number of thiophene rings is 1. The van der Waals surface area contributed by atoms with Crippen molar-refractivity contribution >= 4 is 34.5 Å². The molecule has 0 aliphatic rings. The van der Waals surface area contributed by atoms with Gasteiger partial charge in [-0.25, -0.2) is 0 Å². The smallest absolute Gasteiger partial charge is 0.291 e. The maximum Gasteiger partial charge on any atom is 0.291 e. The zero-order valence-corrected chi connectivity index (χ0v) is 13.6. The second kappa shape index (κ2) is 7.01. The molecular weight excluding hydrogens is 328 g/mol. The van der Waals surface area contributed by atoms with Crippen LogP contribution in [0.5, 0.6) is 5.75 Å². The Morgan fingerprint density at radius 3 is 2.54 bits per heavy atom. The first-order valence-electron chi connectivity index (χ1n) is 7.05. The molecule has 0 saturated carbocycles. The number of benzene rings is 1. The zero-order valence-electron chi connectivity index (χ0n) is 12.7. The molecule has 3 aromatic rings. The Morgan fingerprint density at radius 2 is 1.88 bits per heavy atom. The van der Waals surface area contributed by atoms with Crippen LogP contribution >= 0.6 is 11.3 Å². The quantitative estimate of drug-likeness (QED) is 0.738. The van der Waals surface area contributed by atoms with Gasteiger partial charge in [0.15, 0.2) is 5.76 Å². The fourth-order valence-electron chi connectivity index (χ4n) is 2.05. The number of hydrogen-bond acceptors (Lipinski definition) is 5. The van der Waals surface area contributed by atoms with E-state index in [1.54, 1.807) is 42.5 Å². The van der Waals surface area contributed by atoms with Gasteiger partial charge in [0.2, 0.25) is 0 Å². The summed E-state index contributed by atoms with van der Waals surface area (Å²) in [6.07, 6.45) is 1.42. The van der Waals surface area contributed by atoms with Gasteiger partial charge in [-0.15, -0.1) is 11.3 Å². The zero-order chi connectivity index (χ0) is 16.9. The normalized spacial score (nSPS) is 10.2. The molecule has 0 radical (unpaired) electrons. The minimum atomic E-state index is -0.406. The molecule has 2 N–H and O–H groups in total. The van der Waals surface area contributed by atoms with E-state index in [9.17, 15) is 9.59 Å². The number of furan rings is 1. The Hall–Kier alpha value is -3.06. The molecule has 0 aliphatic carbocycles. The molecule has 0 spiro atoms. The lowest BCUT2D eigenvalue weighted by molar-refractivity contribution is 0.0993. The summed E-state index contributed by atoms with van der Waals surface area (Å²) in [6.45, 7) is 0. The van der Waals surface area contributed by atoms with Gasteiger partial charge in [-0.3, -0.25) is 9.59 Å². The molecule has 2 heterocycles. The molecule has 0 atom stereocenters. The summed E-state index contributed by atoms with van der Waals surface area (Å²) >= 11 is 1.33. The molecular formula is C17H14N2O4S. The highest BCUT2D eigenvalue weighted by Crippen LogP contribution is 2.28. The van der Waals surface area contributed by atoms with Gasteiger partial charge in [-0.05, 0) is 35.7 Å². The summed E-state index contributed by atoms with van der Waals surface area (Å²) in [5, 5.41) is 7.32. The summed E-state index contributed by atoms with van der Waals surface area (Å²) in [7, 11) is 1.53. The van der Waals surface area contributed by atoms with E-state index < -0.39 is 5.91 Å². The van der Waals surface area contributed by atoms with Gasteiger partial charge in [0, 0.05) is 6.07 Å². The van der Waals surface area contributed by atoms with Crippen molar-refractivity contribution in [2.75, 3.05) is 17.7 Å². The molecule has 24 heavy (non-hydrogen) atoms. The number of ether oxygens (including phenoxy) is 1. The standard InChI is InChI=1S/C17H14N2O4S/c1-22-11-6-7-12(18-16(20)14-4-2-8-23-14)13(10-11)19-17(21)15-5-3-9-24-15/h2-10H,1H3,(H,18,20)(H,19,21). The summed E-state index contributed by atoms with van der Waals surface area (Å²) in [5.74, 6) is 0.0809. The van der Waals surface area contributed by atoms with E-state index in [2.05, 4.69) is 10.6 Å². The Morgan fingerprint density at radius 1 is 1.04 bits per heavy atom. The van der Waals surface area contributed by atoms with Crippen LogP contribution in [-0.4, -0.2) is 18.9 Å². The van der Waals surface area contributed by atoms with Crippen LogP contribution in [0.1, 0.15) is 20.2 Å². The summed E-state index contributed by atoms with van der Waals surface area (Å²) in [6, 6.07) is 11.7. The second-order valence-electron chi connectivity index (χ2n) is 4.77. The molecule has 0 aliphatic heterocycles. The number of carbonyl (C=O) groups excluding carboxylic acids is 2. The third-order valence-corrected chi connectivity index (χ3v) is 4.08. The molecule has 2 amide bonds. The van der Waals surface area contributed by atoms with Crippen molar-refractivity contribution in [1.29, 1.82) is 0 Å². The molecule has 6 nitrogen and oxygen atoms in total. The first-order valence-corrected chi connectivity index (χ1v) is 7.93. The SMILES string of the molecule is COc1ccc(NC(=O)c2ccco2)c(NC(=O)c2cccs2)c1. The maximum absolute atomic E-state index is 12.3. The molecule has 0 fully saturated rings. The van der Waals surface area contributed by atoms with Crippen molar-refractivity contribution in [3.8, 4) is 5.75 Å². The van der Waals surface area contributed by atoms with Gasteiger partial charge >= 0.3 is 0 Å². The Kier molecular flexibility index (Phi) is 4.62. The minimum absolute atomic E-state index is 0.182. The largest absolute Gasteiger partial charge is 0.497 e. The third-order valence-electron chi connectivity index (χ3n) is 3.21. The third kappa shape index (κ3) is 3.47. The van der Waals surface area contributed by atoms with Gasteiger partial charge in [-0.1, -0.05) is 6.07 Å². The molecule has 7 heteroatoms. The van der Waals surface area contributed by atoms with E-state index >= 15 is 0 Å². The van der Waals surface area contributed by atoms with Gasteiger partial charge in [0.1, 0.15) is 5.75 Å². The first kappa shape index (κ1) is 15.8. The first-order chi connectivity index (χ1) is 11.7. The highest BCUT2D eigenvalue weighted by Gasteiger charge is 2.15. The number of anilines is 2. The van der Waals surface area contributed by atoms with Crippen molar-refractivity contribution in [2.45, 2.75) is 0 Å². The number of amides is 2. The molecule has 0 unspecified atom stereocenters. The van der Waals surface area contributed by atoms with Gasteiger partial charge in [0.25, 0.3) is 11.8 Å². The fourth-order valence-corrected chi connectivity index (χ4v) is 2.67. The molecule has 122 valence electrons. The Labute approximate surface area is 142 Å². The number of carbonyl (C=O) groups is 2. The van der Waals surface area contributed by atoms with Crippen LogP contribution in [-0.2, 0) is 0 Å². The van der Waals surface area contributed by atoms with Crippen LogP contribution in [0.25, 0.3) is 0 Å². The van der Waals surface area contributed by atoms with Crippen molar-refractivity contribution in [3.63, 3.8) is 0 Å². The van der Waals surface area contributed by atoms with Crippen LogP contribution < -0.4 is 15.4 Å². The van der Waals surface area contributed by atoms with E-state index in [0.717, 1.165) is 0 Å². The van der Waals surface area contributed by atoms with E-state index in [-0.39, 0.29) is 11.7 Å². The van der Waals surface area contributed by atoms with Crippen LogP contribution in [0, 0.1) is 0 Å². The number of nitrogens with one attached hydrogen (secondary N) is 2. The van der Waals surface area contributed by atoms with Gasteiger partial charge < -0.3 is 19.8 Å². The van der Waals surface area contributed by atoms with Gasteiger partial charge in [-0.2, -0.15) is 0 Å². The van der Waals surface area contributed by atoms with E-state index in [4.69, 9.17) is 9.15 Å². The van der Waals surface area contributed by atoms with Crippen LogP contribution in [0.3, 0.4) is 0 Å². The fraction of sp³-hybridized carbons (Fsp3) is 0.0588. The van der Waals surface area contributed by atoms with E-state index in [0.29, 0.717) is 22.0 Å². The number of hydrogen-bond donors (Lipinski definition) is 2. The lowest BCUT2D eigenvalue weighted by Crippen LogP contribution is -2.16. The topological polar surface area (TPSA) is 80.6 Å². The molecule has 1 aromatic carbocycles. The van der Waals surface area contributed by atoms with Crippen molar-refractivity contribution in [1.82, 2.24) is 0 Å². The molecule has 0 saturated heterocycles. The Bertz CT molecular complexity index is 842. The predicted molar refractivity (Wildman–Crippen MR) is 91.9 cm³/mol. The van der Waals surface area contributed by atoms with E-state index in [1.807, 2.05) is 5.38 Å². The van der Waals surface area contributed by atoms with Crippen LogP contribution in [0.4, 0.5) is 11.4 Å². The lowest BCUT2D eigenvalue weighted by Gasteiger charge is -2.13. The Balaban J connectivity index is 1.85. The average Bonchev–Trinajstić information content (AvgIpc) is 3.29. The lowest BCUT2D eigenvalue weighted by atomic mass is 10.2. The maximum atomic E-state index is 12.3. The monoisotopic (exact) mass is 342 g/mol. The summed E-state index contributed by atoms with van der Waals surface area (Å²) in [4.78, 5) is 25.0. The van der Waals surface area contributed by atoms with Crippen LogP contribution in [0.2, 0.25) is 0 Å². The second-order valence-corrected chi connectivity index (χ2v) is 5.72. The highest BCUT2D eigenvalue weighted by atomic mass is 32.1. The van der Waals surface area contributed by atoms with E-state index in [1.165, 1.54) is 24.7 Å². The van der Waals surface area contributed by atoms with Crippen molar-refractivity contribution < 1.29 is 18.7 Å². The van der Waals surface area contributed by atoms with Crippen molar-refractivity contribution in [2.24, 2.45) is 0 Å². The van der Waals surface area contributed by atoms with Crippen molar-refractivity contribution in [3.05, 3.63) is 64.7 Å². The van der Waals surface area contributed by atoms with Crippen LogP contribution in [0.15, 0.2) is 58.5 Å². The predicted octanol–water partition coefficient (Wildman–Crippen LogP) is 3.85. The molecule has 3 rings (SSSR count). The minimum Gasteiger partial charge on any atom is -0.497 e.